The summed E-state index contributed by atoms with van der Waals surface area (Å²) in [6.45, 7) is 1.24. The molecule has 0 saturated carbocycles. The quantitative estimate of drug-likeness (QED) is 0.944. The van der Waals surface area contributed by atoms with E-state index in [4.69, 9.17) is 23.2 Å². The summed E-state index contributed by atoms with van der Waals surface area (Å²) in [6.07, 6.45) is 3.19. The Kier molecular flexibility index (Phi) is 4.12. The van der Waals surface area contributed by atoms with E-state index in [1.54, 1.807) is 6.07 Å². The van der Waals surface area contributed by atoms with Gasteiger partial charge in [-0.3, -0.25) is 9.89 Å². The van der Waals surface area contributed by atoms with Crippen LogP contribution in [0, 0.1) is 0 Å². The van der Waals surface area contributed by atoms with Crippen LogP contribution in [-0.2, 0) is 24.2 Å². The Morgan fingerprint density at radius 2 is 2.24 bits per heavy atom. The van der Waals surface area contributed by atoms with Crippen molar-refractivity contribution in [2.75, 3.05) is 6.54 Å². The van der Waals surface area contributed by atoms with E-state index in [-0.39, 0.29) is 5.91 Å². The molecule has 1 aromatic heterocycles. The molecule has 2 aromatic rings. The number of carbonyl (C=O) groups excluding carboxylic acids is 1. The fourth-order valence-electron chi connectivity index (χ4n) is 2.56. The molecule has 1 aliphatic heterocycles. The van der Waals surface area contributed by atoms with Crippen molar-refractivity contribution < 1.29 is 4.79 Å². The van der Waals surface area contributed by atoms with Crippen LogP contribution < -0.4 is 0 Å². The normalized spacial score (nSPS) is 14.1. The topological polar surface area (TPSA) is 61.9 Å². The van der Waals surface area contributed by atoms with Crippen LogP contribution in [0.3, 0.4) is 0 Å². The zero-order valence-electron chi connectivity index (χ0n) is 11.3. The van der Waals surface area contributed by atoms with E-state index < -0.39 is 0 Å². The SMILES string of the molecule is O=C(CCc1ncn[nH]1)N1CCc2c(Cl)cc(Cl)cc2C1. The summed E-state index contributed by atoms with van der Waals surface area (Å²) in [5, 5.41) is 7.82. The van der Waals surface area contributed by atoms with Gasteiger partial charge >= 0.3 is 0 Å². The number of aromatic amines is 1. The van der Waals surface area contributed by atoms with E-state index in [0.29, 0.717) is 36.0 Å². The van der Waals surface area contributed by atoms with E-state index in [1.165, 1.54) is 6.33 Å². The van der Waals surface area contributed by atoms with Crippen molar-refractivity contribution in [1.82, 2.24) is 20.1 Å². The van der Waals surface area contributed by atoms with Gasteiger partial charge in [0.15, 0.2) is 0 Å². The fraction of sp³-hybridized carbons (Fsp3) is 0.357. The Labute approximate surface area is 132 Å². The molecule has 0 unspecified atom stereocenters. The van der Waals surface area contributed by atoms with Gasteiger partial charge in [0.2, 0.25) is 5.91 Å². The summed E-state index contributed by atoms with van der Waals surface area (Å²) in [6, 6.07) is 3.64. The number of rotatable bonds is 3. The average Bonchev–Trinajstić information content (AvgIpc) is 2.97. The van der Waals surface area contributed by atoms with Gasteiger partial charge in [-0.15, -0.1) is 0 Å². The molecular weight excluding hydrogens is 311 g/mol. The zero-order valence-corrected chi connectivity index (χ0v) is 12.8. The molecule has 0 bridgehead atoms. The number of amides is 1. The number of aromatic nitrogens is 3. The Bertz CT molecular complexity index is 657. The molecule has 7 heteroatoms. The predicted octanol–water partition coefficient (Wildman–Crippen LogP) is 2.63. The number of H-pyrrole nitrogens is 1. The Morgan fingerprint density at radius 1 is 1.38 bits per heavy atom. The van der Waals surface area contributed by atoms with Gasteiger partial charge in [-0.1, -0.05) is 23.2 Å². The Balaban J connectivity index is 1.66. The van der Waals surface area contributed by atoms with Crippen molar-refractivity contribution in [2.24, 2.45) is 0 Å². The number of halogens is 2. The highest BCUT2D eigenvalue weighted by Gasteiger charge is 2.22. The third-order valence-corrected chi connectivity index (χ3v) is 4.19. The summed E-state index contributed by atoms with van der Waals surface area (Å²) >= 11 is 12.2. The number of hydrogen-bond acceptors (Lipinski definition) is 3. The maximum atomic E-state index is 12.3. The van der Waals surface area contributed by atoms with Gasteiger partial charge in [0, 0.05) is 36.0 Å². The van der Waals surface area contributed by atoms with Crippen LogP contribution in [0.4, 0.5) is 0 Å². The number of aryl methyl sites for hydroxylation is 1. The third kappa shape index (κ3) is 3.19. The number of nitrogens with zero attached hydrogens (tertiary/aromatic N) is 3. The number of fused-ring (bicyclic) bond motifs is 1. The van der Waals surface area contributed by atoms with Crippen LogP contribution >= 0.6 is 23.2 Å². The van der Waals surface area contributed by atoms with E-state index in [2.05, 4.69) is 15.2 Å². The van der Waals surface area contributed by atoms with Crippen LogP contribution in [0.25, 0.3) is 0 Å². The van der Waals surface area contributed by atoms with Gasteiger partial charge < -0.3 is 4.90 Å². The molecule has 0 fully saturated rings. The fourth-order valence-corrected chi connectivity index (χ4v) is 3.19. The molecule has 1 amide bonds. The minimum Gasteiger partial charge on any atom is -0.338 e. The largest absolute Gasteiger partial charge is 0.338 e. The smallest absolute Gasteiger partial charge is 0.223 e. The molecular formula is C14H14Cl2N4O. The lowest BCUT2D eigenvalue weighted by Gasteiger charge is -2.29. The molecule has 1 aromatic carbocycles. The van der Waals surface area contributed by atoms with E-state index >= 15 is 0 Å². The molecule has 5 nitrogen and oxygen atoms in total. The molecule has 110 valence electrons. The second kappa shape index (κ2) is 6.03. The van der Waals surface area contributed by atoms with Gasteiger partial charge in [0.05, 0.1) is 0 Å². The van der Waals surface area contributed by atoms with E-state index in [9.17, 15) is 4.79 Å². The maximum Gasteiger partial charge on any atom is 0.223 e. The van der Waals surface area contributed by atoms with Crippen LogP contribution in [0.1, 0.15) is 23.4 Å². The molecule has 0 aliphatic carbocycles. The van der Waals surface area contributed by atoms with Crippen LogP contribution in [0.5, 0.6) is 0 Å². The first kappa shape index (κ1) is 14.4. The van der Waals surface area contributed by atoms with E-state index in [0.717, 1.165) is 23.4 Å². The Hall–Kier alpha value is -1.59. The average molecular weight is 325 g/mol. The summed E-state index contributed by atoms with van der Waals surface area (Å²) in [4.78, 5) is 18.1. The summed E-state index contributed by atoms with van der Waals surface area (Å²) in [5.74, 6) is 0.833. The number of hydrogen-bond donors (Lipinski definition) is 1. The van der Waals surface area contributed by atoms with Crippen LogP contribution in [-0.4, -0.2) is 32.5 Å². The van der Waals surface area contributed by atoms with Gasteiger partial charge in [0.1, 0.15) is 12.2 Å². The van der Waals surface area contributed by atoms with Crippen molar-refractivity contribution in [3.8, 4) is 0 Å². The zero-order chi connectivity index (χ0) is 14.8. The number of nitrogens with one attached hydrogen (secondary N) is 1. The second-order valence-corrected chi connectivity index (χ2v) is 5.87. The molecule has 0 spiro atoms. The number of benzene rings is 1. The molecule has 0 atom stereocenters. The van der Waals surface area contributed by atoms with Crippen molar-refractivity contribution >= 4 is 29.1 Å². The minimum atomic E-state index is 0.105. The van der Waals surface area contributed by atoms with Gasteiger partial charge in [-0.2, -0.15) is 5.10 Å². The van der Waals surface area contributed by atoms with Crippen molar-refractivity contribution in [2.45, 2.75) is 25.8 Å². The lowest BCUT2D eigenvalue weighted by atomic mass is 9.99. The summed E-state index contributed by atoms with van der Waals surface area (Å²) in [7, 11) is 0. The minimum absolute atomic E-state index is 0.105. The molecule has 21 heavy (non-hydrogen) atoms. The van der Waals surface area contributed by atoms with Crippen molar-refractivity contribution in [3.05, 3.63) is 45.5 Å². The van der Waals surface area contributed by atoms with E-state index in [1.807, 2.05) is 11.0 Å². The van der Waals surface area contributed by atoms with Crippen molar-refractivity contribution in [1.29, 1.82) is 0 Å². The third-order valence-electron chi connectivity index (χ3n) is 3.64. The highest BCUT2D eigenvalue weighted by atomic mass is 35.5. The predicted molar refractivity (Wildman–Crippen MR) is 80.3 cm³/mol. The van der Waals surface area contributed by atoms with Crippen LogP contribution in [0.15, 0.2) is 18.5 Å². The van der Waals surface area contributed by atoms with Crippen molar-refractivity contribution in [3.63, 3.8) is 0 Å². The highest BCUT2D eigenvalue weighted by Crippen LogP contribution is 2.30. The summed E-state index contributed by atoms with van der Waals surface area (Å²) in [5.41, 5.74) is 2.13. The molecule has 3 rings (SSSR count). The molecule has 1 N–H and O–H groups in total. The first-order valence-electron chi connectivity index (χ1n) is 6.72. The van der Waals surface area contributed by atoms with Gasteiger partial charge in [-0.05, 0) is 29.7 Å². The Morgan fingerprint density at radius 3 is 3.00 bits per heavy atom. The first-order chi connectivity index (χ1) is 10.1. The lowest BCUT2D eigenvalue weighted by molar-refractivity contribution is -0.132. The van der Waals surface area contributed by atoms with Gasteiger partial charge in [0.25, 0.3) is 0 Å². The lowest BCUT2D eigenvalue weighted by Crippen LogP contribution is -2.36. The summed E-state index contributed by atoms with van der Waals surface area (Å²) < 4.78 is 0. The monoisotopic (exact) mass is 324 g/mol. The second-order valence-electron chi connectivity index (χ2n) is 5.02. The highest BCUT2D eigenvalue weighted by molar-refractivity contribution is 6.35. The number of carbonyl (C=O) groups is 1. The van der Waals surface area contributed by atoms with Gasteiger partial charge in [-0.25, -0.2) is 4.98 Å². The standard InChI is InChI=1S/C14H14Cl2N4O/c15-10-5-9-7-20(4-3-11(9)12(16)6-10)14(21)2-1-13-17-8-18-19-13/h5-6,8H,1-4,7H2,(H,17,18,19). The first-order valence-corrected chi connectivity index (χ1v) is 7.48. The molecule has 0 saturated heterocycles. The molecule has 2 heterocycles. The molecule has 1 aliphatic rings. The molecule has 0 radical (unpaired) electrons. The van der Waals surface area contributed by atoms with Crippen LogP contribution in [0.2, 0.25) is 10.0 Å². The maximum absolute atomic E-state index is 12.3.